The van der Waals surface area contributed by atoms with Crippen molar-refractivity contribution in [3.63, 3.8) is 0 Å². The van der Waals surface area contributed by atoms with Gasteiger partial charge in [0.15, 0.2) is 0 Å². The van der Waals surface area contributed by atoms with Gasteiger partial charge < -0.3 is 10.2 Å². The SMILES string of the molecule is O=C1CCC2(CN(C(=O)c3cc4cc(Br)ccc4s3)C2)N1. The van der Waals surface area contributed by atoms with E-state index in [1.807, 2.05) is 29.2 Å². The molecule has 2 aliphatic rings. The standard InChI is InChI=1S/C15H13BrN2O2S/c16-10-1-2-11-9(5-10)6-12(21-11)14(20)18-7-15(8-18)4-3-13(19)17-15/h1-2,5-6H,3-4,7-8H2,(H,17,19). The molecule has 3 heterocycles. The van der Waals surface area contributed by atoms with Crippen molar-refractivity contribution < 1.29 is 9.59 Å². The van der Waals surface area contributed by atoms with Crippen molar-refractivity contribution >= 4 is 49.2 Å². The van der Waals surface area contributed by atoms with Gasteiger partial charge in [-0.25, -0.2) is 0 Å². The minimum atomic E-state index is -0.146. The average molecular weight is 365 g/mol. The second-order valence-corrected chi connectivity index (χ2v) is 7.78. The molecule has 1 N–H and O–H groups in total. The van der Waals surface area contributed by atoms with E-state index in [0.717, 1.165) is 25.9 Å². The molecule has 0 unspecified atom stereocenters. The Kier molecular flexibility index (Phi) is 2.87. The summed E-state index contributed by atoms with van der Waals surface area (Å²) in [6, 6.07) is 7.98. The van der Waals surface area contributed by atoms with E-state index in [4.69, 9.17) is 0 Å². The largest absolute Gasteiger partial charge is 0.347 e. The van der Waals surface area contributed by atoms with Gasteiger partial charge in [0.05, 0.1) is 10.4 Å². The number of nitrogens with zero attached hydrogens (tertiary/aromatic N) is 1. The predicted octanol–water partition coefficient (Wildman–Crippen LogP) is 2.77. The predicted molar refractivity (Wildman–Crippen MR) is 85.5 cm³/mol. The first kappa shape index (κ1) is 13.3. The van der Waals surface area contributed by atoms with Gasteiger partial charge in [-0.3, -0.25) is 9.59 Å². The van der Waals surface area contributed by atoms with Crippen molar-refractivity contribution in [2.75, 3.05) is 13.1 Å². The maximum Gasteiger partial charge on any atom is 0.264 e. The van der Waals surface area contributed by atoms with Crippen LogP contribution in [0.4, 0.5) is 0 Å². The second kappa shape index (κ2) is 4.55. The third kappa shape index (κ3) is 2.17. The monoisotopic (exact) mass is 364 g/mol. The molecule has 6 heteroatoms. The van der Waals surface area contributed by atoms with Crippen molar-refractivity contribution in [2.45, 2.75) is 18.4 Å². The third-order valence-electron chi connectivity index (χ3n) is 4.20. The highest BCUT2D eigenvalue weighted by molar-refractivity contribution is 9.10. The van der Waals surface area contributed by atoms with E-state index in [2.05, 4.69) is 21.2 Å². The first-order chi connectivity index (χ1) is 10.0. The fourth-order valence-corrected chi connectivity index (χ4v) is 4.50. The van der Waals surface area contributed by atoms with Gasteiger partial charge in [-0.2, -0.15) is 0 Å². The quantitative estimate of drug-likeness (QED) is 0.845. The number of hydrogen-bond acceptors (Lipinski definition) is 3. The van der Waals surface area contributed by atoms with Crippen LogP contribution in [0.15, 0.2) is 28.7 Å². The molecule has 0 radical (unpaired) electrons. The molecule has 0 aliphatic carbocycles. The molecule has 0 atom stereocenters. The van der Waals surface area contributed by atoms with Gasteiger partial charge in [-0.1, -0.05) is 15.9 Å². The summed E-state index contributed by atoms with van der Waals surface area (Å²) >= 11 is 4.97. The molecular formula is C15H13BrN2O2S. The number of thiophene rings is 1. The number of carbonyl (C=O) groups is 2. The van der Waals surface area contributed by atoms with E-state index in [-0.39, 0.29) is 17.4 Å². The number of likely N-dealkylation sites (tertiary alicyclic amines) is 1. The Labute approximate surface area is 134 Å². The molecule has 0 bridgehead atoms. The van der Waals surface area contributed by atoms with Crippen LogP contribution in [-0.2, 0) is 4.79 Å². The van der Waals surface area contributed by atoms with Gasteiger partial charge in [-0.15, -0.1) is 11.3 Å². The van der Waals surface area contributed by atoms with Crippen LogP contribution in [0.3, 0.4) is 0 Å². The zero-order valence-electron chi connectivity index (χ0n) is 11.2. The smallest absolute Gasteiger partial charge is 0.264 e. The molecule has 2 aromatic rings. The third-order valence-corrected chi connectivity index (χ3v) is 5.80. The number of amides is 2. The zero-order chi connectivity index (χ0) is 14.6. The van der Waals surface area contributed by atoms with Gasteiger partial charge >= 0.3 is 0 Å². The number of halogens is 1. The molecular weight excluding hydrogens is 352 g/mol. The van der Waals surface area contributed by atoms with Crippen LogP contribution in [-0.4, -0.2) is 35.3 Å². The van der Waals surface area contributed by atoms with Gasteiger partial charge in [0.25, 0.3) is 5.91 Å². The molecule has 4 nitrogen and oxygen atoms in total. The van der Waals surface area contributed by atoms with Gasteiger partial charge in [0, 0.05) is 28.7 Å². The number of rotatable bonds is 1. The van der Waals surface area contributed by atoms with Crippen molar-refractivity contribution in [1.82, 2.24) is 10.2 Å². The lowest BCUT2D eigenvalue weighted by Gasteiger charge is -2.47. The molecule has 21 heavy (non-hydrogen) atoms. The van der Waals surface area contributed by atoms with Crippen LogP contribution in [0.5, 0.6) is 0 Å². The van der Waals surface area contributed by atoms with E-state index in [1.165, 1.54) is 11.3 Å². The number of hydrogen-bond donors (Lipinski definition) is 1. The number of benzene rings is 1. The number of carbonyl (C=O) groups excluding carboxylic acids is 2. The van der Waals surface area contributed by atoms with E-state index in [0.29, 0.717) is 19.5 Å². The summed E-state index contributed by atoms with van der Waals surface area (Å²) in [5.74, 6) is 0.174. The Morgan fingerprint density at radius 1 is 1.33 bits per heavy atom. The molecule has 0 saturated carbocycles. The van der Waals surface area contributed by atoms with E-state index in [1.54, 1.807) is 0 Å². The van der Waals surface area contributed by atoms with Crippen LogP contribution < -0.4 is 5.32 Å². The minimum Gasteiger partial charge on any atom is -0.347 e. The summed E-state index contributed by atoms with van der Waals surface area (Å²) in [7, 11) is 0. The summed E-state index contributed by atoms with van der Waals surface area (Å²) in [4.78, 5) is 26.4. The van der Waals surface area contributed by atoms with Crippen LogP contribution >= 0.6 is 27.3 Å². The topological polar surface area (TPSA) is 49.4 Å². The molecule has 2 fully saturated rings. The maximum absolute atomic E-state index is 12.5. The fraction of sp³-hybridized carbons (Fsp3) is 0.333. The summed E-state index contributed by atoms with van der Waals surface area (Å²) in [6.45, 7) is 1.27. The summed E-state index contributed by atoms with van der Waals surface area (Å²) < 4.78 is 2.13. The highest BCUT2D eigenvalue weighted by Gasteiger charge is 2.49. The molecule has 2 amide bonds. The van der Waals surface area contributed by atoms with Crippen LogP contribution in [0.1, 0.15) is 22.5 Å². The average Bonchev–Trinajstić information content (AvgIpc) is 2.99. The normalized spacial score (nSPS) is 19.9. The van der Waals surface area contributed by atoms with Crippen LogP contribution in [0, 0.1) is 0 Å². The zero-order valence-corrected chi connectivity index (χ0v) is 13.6. The van der Waals surface area contributed by atoms with E-state index >= 15 is 0 Å². The van der Waals surface area contributed by atoms with Crippen LogP contribution in [0.2, 0.25) is 0 Å². The Bertz CT molecular complexity index is 764. The molecule has 2 aliphatic heterocycles. The Morgan fingerprint density at radius 3 is 2.86 bits per heavy atom. The van der Waals surface area contributed by atoms with Crippen LogP contribution in [0.25, 0.3) is 10.1 Å². The first-order valence-corrected chi connectivity index (χ1v) is 8.45. The Morgan fingerprint density at radius 2 is 2.14 bits per heavy atom. The van der Waals surface area contributed by atoms with Crippen molar-refractivity contribution in [3.8, 4) is 0 Å². The summed E-state index contributed by atoms with van der Waals surface area (Å²) in [5.41, 5.74) is -0.146. The van der Waals surface area contributed by atoms with Gasteiger partial charge in [0.2, 0.25) is 5.91 Å². The molecule has 2 saturated heterocycles. The lowest BCUT2D eigenvalue weighted by molar-refractivity contribution is -0.120. The molecule has 108 valence electrons. The van der Waals surface area contributed by atoms with Crippen molar-refractivity contribution in [3.05, 3.63) is 33.6 Å². The summed E-state index contributed by atoms with van der Waals surface area (Å²) in [5, 5.41) is 4.09. The molecule has 4 rings (SSSR count). The van der Waals surface area contributed by atoms with E-state index < -0.39 is 0 Å². The maximum atomic E-state index is 12.5. The Hall–Kier alpha value is -1.40. The van der Waals surface area contributed by atoms with Gasteiger partial charge in [0.1, 0.15) is 0 Å². The second-order valence-electron chi connectivity index (χ2n) is 5.78. The first-order valence-electron chi connectivity index (χ1n) is 6.84. The highest BCUT2D eigenvalue weighted by atomic mass is 79.9. The summed E-state index contributed by atoms with van der Waals surface area (Å²) in [6.07, 6.45) is 1.42. The lowest BCUT2D eigenvalue weighted by Crippen LogP contribution is -2.68. The molecule has 1 aromatic heterocycles. The minimum absolute atomic E-state index is 0.0686. The molecule has 1 aromatic carbocycles. The van der Waals surface area contributed by atoms with Crippen molar-refractivity contribution in [2.24, 2.45) is 0 Å². The van der Waals surface area contributed by atoms with E-state index in [9.17, 15) is 9.59 Å². The molecule has 1 spiro atoms. The van der Waals surface area contributed by atoms with Crippen molar-refractivity contribution in [1.29, 1.82) is 0 Å². The number of fused-ring (bicyclic) bond motifs is 1. The highest BCUT2D eigenvalue weighted by Crippen LogP contribution is 2.34. The number of nitrogens with one attached hydrogen (secondary N) is 1. The fourth-order valence-electron chi connectivity index (χ4n) is 3.11. The lowest BCUT2D eigenvalue weighted by atomic mass is 9.88. The Balaban J connectivity index is 1.53. The van der Waals surface area contributed by atoms with Gasteiger partial charge in [-0.05, 0) is 36.1 Å².